The van der Waals surface area contributed by atoms with Crippen molar-refractivity contribution in [3.8, 4) is 0 Å². The molecule has 1 fully saturated rings. The van der Waals surface area contributed by atoms with Crippen LogP contribution in [-0.2, 0) is 21.4 Å². The van der Waals surface area contributed by atoms with E-state index in [-0.39, 0.29) is 53.7 Å². The zero-order valence-electron chi connectivity index (χ0n) is 19.5. The summed E-state index contributed by atoms with van der Waals surface area (Å²) in [6, 6.07) is 16.3. The van der Waals surface area contributed by atoms with Gasteiger partial charge in [-0.25, -0.2) is 26.6 Å². The second-order valence-electron chi connectivity index (χ2n) is 8.75. The third-order valence-electron chi connectivity index (χ3n) is 6.34. The highest BCUT2D eigenvalue weighted by Gasteiger charge is 2.36. The number of amides is 1. The number of halogens is 3. The number of rotatable bonds is 6. The molecular weight excluding hydrogens is 523 g/mol. The summed E-state index contributed by atoms with van der Waals surface area (Å²) in [4.78, 5) is 19.1. The van der Waals surface area contributed by atoms with Crippen molar-refractivity contribution in [2.75, 3.05) is 18.0 Å². The molecule has 3 aromatic carbocycles. The van der Waals surface area contributed by atoms with Gasteiger partial charge in [-0.3, -0.25) is 9.69 Å². The van der Waals surface area contributed by atoms with Crippen molar-refractivity contribution in [1.82, 2.24) is 9.29 Å². The van der Waals surface area contributed by atoms with Crippen LogP contribution in [0.1, 0.15) is 18.4 Å². The predicted octanol–water partition coefficient (Wildman–Crippen LogP) is 5.35. The molecule has 1 aliphatic heterocycles. The van der Waals surface area contributed by atoms with Gasteiger partial charge in [-0.2, -0.15) is 4.31 Å². The van der Waals surface area contributed by atoms with Crippen LogP contribution >= 0.6 is 11.3 Å². The van der Waals surface area contributed by atoms with Crippen molar-refractivity contribution in [3.05, 3.63) is 89.7 Å². The van der Waals surface area contributed by atoms with Gasteiger partial charge in [0.25, 0.3) is 0 Å². The molecular formula is C26H22F3N3O3S2. The van der Waals surface area contributed by atoms with E-state index in [1.165, 1.54) is 33.5 Å². The smallest absolute Gasteiger partial charge is 0.245 e. The molecule has 1 aromatic heterocycles. The van der Waals surface area contributed by atoms with Gasteiger partial charge in [-0.1, -0.05) is 53.8 Å². The minimum absolute atomic E-state index is 0.0157. The van der Waals surface area contributed by atoms with Crippen LogP contribution in [0.15, 0.2) is 71.6 Å². The third-order valence-corrected chi connectivity index (χ3v) is 9.30. The van der Waals surface area contributed by atoms with Crippen LogP contribution in [0.5, 0.6) is 0 Å². The van der Waals surface area contributed by atoms with E-state index in [9.17, 15) is 26.4 Å². The Labute approximate surface area is 216 Å². The fourth-order valence-electron chi connectivity index (χ4n) is 4.42. The van der Waals surface area contributed by atoms with Crippen LogP contribution in [-0.4, -0.2) is 36.7 Å². The molecule has 4 aromatic rings. The van der Waals surface area contributed by atoms with Gasteiger partial charge >= 0.3 is 0 Å². The molecule has 0 atom stereocenters. The second-order valence-corrected chi connectivity index (χ2v) is 11.7. The molecule has 0 saturated carbocycles. The number of benzene rings is 3. The van der Waals surface area contributed by atoms with Crippen LogP contribution < -0.4 is 4.90 Å². The average molecular weight is 546 g/mol. The summed E-state index contributed by atoms with van der Waals surface area (Å²) in [5.74, 6) is -3.17. The SMILES string of the molecule is O=C(C1CCN(S(=O)(=O)c2ccccc2F)CC1)N(Cc1ccccc1)c1nc2c(F)cc(F)cc2s1. The van der Waals surface area contributed by atoms with Gasteiger partial charge in [-0.05, 0) is 36.6 Å². The van der Waals surface area contributed by atoms with Gasteiger partial charge in [0.05, 0.1) is 11.2 Å². The Balaban J connectivity index is 1.40. The lowest BCUT2D eigenvalue weighted by Gasteiger charge is -2.33. The maximum absolute atomic E-state index is 14.3. The van der Waals surface area contributed by atoms with Crippen LogP contribution in [0.3, 0.4) is 0 Å². The van der Waals surface area contributed by atoms with Crippen LogP contribution in [0, 0.1) is 23.4 Å². The highest BCUT2D eigenvalue weighted by atomic mass is 32.2. The van der Waals surface area contributed by atoms with E-state index < -0.39 is 38.3 Å². The Morgan fingerprint density at radius 3 is 2.35 bits per heavy atom. The first kappa shape index (κ1) is 25.4. The molecule has 0 unspecified atom stereocenters. The van der Waals surface area contributed by atoms with Gasteiger partial charge in [-0.15, -0.1) is 0 Å². The molecule has 37 heavy (non-hydrogen) atoms. The van der Waals surface area contributed by atoms with Crippen molar-refractivity contribution >= 4 is 42.6 Å². The zero-order chi connectivity index (χ0) is 26.2. The van der Waals surface area contributed by atoms with Gasteiger partial charge in [0, 0.05) is 25.1 Å². The maximum Gasteiger partial charge on any atom is 0.245 e. The van der Waals surface area contributed by atoms with E-state index in [1.54, 1.807) is 0 Å². The zero-order valence-corrected chi connectivity index (χ0v) is 21.1. The summed E-state index contributed by atoms with van der Waals surface area (Å²) in [6.07, 6.45) is 0.456. The van der Waals surface area contributed by atoms with Crippen molar-refractivity contribution in [2.24, 2.45) is 5.92 Å². The summed E-state index contributed by atoms with van der Waals surface area (Å²) in [7, 11) is -4.04. The first-order valence-corrected chi connectivity index (χ1v) is 13.9. The van der Waals surface area contributed by atoms with Gasteiger partial charge in [0.2, 0.25) is 15.9 Å². The fourth-order valence-corrected chi connectivity index (χ4v) is 6.97. The van der Waals surface area contributed by atoms with E-state index in [0.29, 0.717) is 0 Å². The van der Waals surface area contributed by atoms with Crippen molar-refractivity contribution in [3.63, 3.8) is 0 Å². The topological polar surface area (TPSA) is 70.6 Å². The molecule has 0 N–H and O–H groups in total. The molecule has 6 nitrogen and oxygen atoms in total. The number of carbonyl (C=O) groups is 1. The molecule has 192 valence electrons. The van der Waals surface area contributed by atoms with E-state index in [1.807, 2.05) is 30.3 Å². The minimum atomic E-state index is -4.04. The van der Waals surface area contributed by atoms with E-state index in [0.717, 1.165) is 29.0 Å². The van der Waals surface area contributed by atoms with Gasteiger partial charge < -0.3 is 0 Å². The van der Waals surface area contributed by atoms with Gasteiger partial charge in [0.1, 0.15) is 22.0 Å². The Kier molecular flexibility index (Phi) is 7.02. The molecule has 0 spiro atoms. The predicted molar refractivity (Wildman–Crippen MR) is 135 cm³/mol. The quantitative estimate of drug-likeness (QED) is 0.328. The van der Waals surface area contributed by atoms with Crippen LogP contribution in [0.2, 0.25) is 0 Å². The molecule has 0 bridgehead atoms. The summed E-state index contributed by atoms with van der Waals surface area (Å²) in [5, 5.41) is 0.231. The second kappa shape index (κ2) is 10.2. The standard InChI is InChI=1S/C26H22F3N3O3S2/c27-19-14-21(29)24-22(15-19)36-26(30-24)32(16-17-6-2-1-3-7-17)25(33)18-10-12-31(13-11-18)37(34,35)23-9-5-4-8-20(23)28/h1-9,14-15,18H,10-13,16H2. The first-order chi connectivity index (χ1) is 17.7. The number of fused-ring (bicyclic) bond motifs is 1. The Morgan fingerprint density at radius 2 is 1.65 bits per heavy atom. The summed E-state index contributed by atoms with van der Waals surface area (Å²) in [5.41, 5.74) is 0.805. The van der Waals surface area contributed by atoms with Crippen molar-refractivity contribution in [2.45, 2.75) is 24.3 Å². The lowest BCUT2D eigenvalue weighted by atomic mass is 9.96. The van der Waals surface area contributed by atoms with Crippen LogP contribution in [0.4, 0.5) is 18.3 Å². The fraction of sp³-hybridized carbons (Fsp3) is 0.231. The number of piperidine rings is 1. The van der Waals surface area contributed by atoms with Crippen molar-refractivity contribution < 1.29 is 26.4 Å². The largest absolute Gasteiger partial charge is 0.283 e. The average Bonchev–Trinajstić information content (AvgIpc) is 3.32. The monoisotopic (exact) mass is 545 g/mol. The Morgan fingerprint density at radius 1 is 0.973 bits per heavy atom. The van der Waals surface area contributed by atoms with Crippen LogP contribution in [0.25, 0.3) is 10.2 Å². The molecule has 2 heterocycles. The van der Waals surface area contributed by atoms with E-state index >= 15 is 0 Å². The summed E-state index contributed by atoms with van der Waals surface area (Å²) >= 11 is 1.01. The number of sulfonamides is 1. The van der Waals surface area contributed by atoms with Crippen molar-refractivity contribution in [1.29, 1.82) is 0 Å². The molecule has 5 rings (SSSR count). The number of carbonyl (C=O) groups excluding carboxylic acids is 1. The highest BCUT2D eigenvalue weighted by Crippen LogP contribution is 2.34. The first-order valence-electron chi connectivity index (χ1n) is 11.6. The number of nitrogens with zero attached hydrogens (tertiary/aromatic N) is 3. The Bertz CT molecular complexity index is 1550. The Hall–Kier alpha value is -3.28. The normalized spacial score (nSPS) is 15.2. The number of aromatic nitrogens is 1. The summed E-state index contributed by atoms with van der Waals surface area (Å²) < 4.78 is 69.7. The lowest BCUT2D eigenvalue weighted by Crippen LogP contribution is -2.44. The van der Waals surface area contributed by atoms with E-state index in [2.05, 4.69) is 4.98 Å². The summed E-state index contributed by atoms with van der Waals surface area (Å²) in [6.45, 7) is 0.259. The molecule has 11 heteroatoms. The maximum atomic E-state index is 14.3. The third kappa shape index (κ3) is 5.11. The number of anilines is 1. The highest BCUT2D eigenvalue weighted by molar-refractivity contribution is 7.89. The molecule has 1 aliphatic rings. The molecule has 1 saturated heterocycles. The number of thiazole rings is 1. The number of hydrogen-bond acceptors (Lipinski definition) is 5. The van der Waals surface area contributed by atoms with E-state index in [4.69, 9.17) is 0 Å². The number of hydrogen-bond donors (Lipinski definition) is 0. The lowest BCUT2D eigenvalue weighted by molar-refractivity contribution is -0.123. The molecule has 0 aliphatic carbocycles. The van der Waals surface area contributed by atoms with Gasteiger partial charge in [0.15, 0.2) is 10.9 Å². The molecule has 1 amide bonds. The molecule has 0 radical (unpaired) electrons. The minimum Gasteiger partial charge on any atom is -0.283 e.